The second-order valence-corrected chi connectivity index (χ2v) is 7.35. The minimum Gasteiger partial charge on any atom is -0.490 e. The molecular weight excluding hydrogens is 354 g/mol. The summed E-state index contributed by atoms with van der Waals surface area (Å²) in [5, 5.41) is 0. The molecule has 136 valence electrons. The molecule has 1 aromatic carbocycles. The average molecular weight is 380 g/mol. The maximum absolute atomic E-state index is 12.5. The SMILES string of the molecule is CCCCOc1ccc(C=C2SC(=S)N(CCC)C2=O)cc1OCC. The molecule has 4 nitrogen and oxygen atoms in total. The van der Waals surface area contributed by atoms with Crippen LogP contribution in [0.25, 0.3) is 6.08 Å². The summed E-state index contributed by atoms with van der Waals surface area (Å²) in [6, 6.07) is 5.76. The Labute approximate surface area is 159 Å². The third kappa shape index (κ3) is 5.22. The summed E-state index contributed by atoms with van der Waals surface area (Å²) >= 11 is 6.66. The number of benzene rings is 1. The number of amides is 1. The Morgan fingerprint density at radius 1 is 1.16 bits per heavy atom. The van der Waals surface area contributed by atoms with Gasteiger partial charge in [-0.25, -0.2) is 0 Å². The first-order chi connectivity index (χ1) is 12.1. The summed E-state index contributed by atoms with van der Waals surface area (Å²) in [7, 11) is 0. The second-order valence-electron chi connectivity index (χ2n) is 5.67. The number of carbonyl (C=O) groups excluding carboxylic acids is 1. The molecular formula is C19H25NO3S2. The van der Waals surface area contributed by atoms with Crippen molar-refractivity contribution in [2.24, 2.45) is 0 Å². The van der Waals surface area contributed by atoms with Gasteiger partial charge in [-0.3, -0.25) is 9.69 Å². The number of thioether (sulfide) groups is 1. The highest BCUT2D eigenvalue weighted by molar-refractivity contribution is 8.26. The van der Waals surface area contributed by atoms with E-state index in [1.165, 1.54) is 11.8 Å². The van der Waals surface area contributed by atoms with Gasteiger partial charge in [0.2, 0.25) is 0 Å². The van der Waals surface area contributed by atoms with Crippen LogP contribution in [-0.4, -0.2) is 34.9 Å². The number of carbonyl (C=O) groups is 1. The molecule has 1 amide bonds. The third-order valence-corrected chi connectivity index (χ3v) is 5.02. The Balaban J connectivity index is 2.20. The highest BCUT2D eigenvalue weighted by Gasteiger charge is 2.31. The van der Waals surface area contributed by atoms with E-state index in [2.05, 4.69) is 6.92 Å². The van der Waals surface area contributed by atoms with Gasteiger partial charge in [0, 0.05) is 6.54 Å². The lowest BCUT2D eigenvalue weighted by Gasteiger charge is -2.13. The van der Waals surface area contributed by atoms with Crippen molar-refractivity contribution >= 4 is 40.3 Å². The van der Waals surface area contributed by atoms with Crippen LogP contribution in [0.2, 0.25) is 0 Å². The van der Waals surface area contributed by atoms with Gasteiger partial charge in [0.1, 0.15) is 4.32 Å². The van der Waals surface area contributed by atoms with Gasteiger partial charge in [-0.2, -0.15) is 0 Å². The van der Waals surface area contributed by atoms with Crippen LogP contribution >= 0.6 is 24.0 Å². The maximum Gasteiger partial charge on any atom is 0.266 e. The molecule has 1 aliphatic heterocycles. The van der Waals surface area contributed by atoms with Crippen LogP contribution in [0, 0.1) is 0 Å². The third-order valence-electron chi connectivity index (χ3n) is 3.64. The molecule has 0 N–H and O–H groups in total. The van der Waals surface area contributed by atoms with E-state index in [0.717, 1.165) is 30.6 Å². The van der Waals surface area contributed by atoms with Crippen LogP contribution in [0.5, 0.6) is 11.5 Å². The number of nitrogens with zero attached hydrogens (tertiary/aromatic N) is 1. The highest BCUT2D eigenvalue weighted by atomic mass is 32.2. The first-order valence-corrected chi connectivity index (χ1v) is 9.98. The average Bonchev–Trinajstić information content (AvgIpc) is 2.85. The fraction of sp³-hybridized carbons (Fsp3) is 0.474. The molecule has 0 atom stereocenters. The zero-order valence-electron chi connectivity index (χ0n) is 15.0. The van der Waals surface area contributed by atoms with E-state index in [0.29, 0.717) is 34.7 Å². The van der Waals surface area contributed by atoms with Gasteiger partial charge in [-0.05, 0) is 43.5 Å². The van der Waals surface area contributed by atoms with Gasteiger partial charge in [0.05, 0.1) is 18.1 Å². The number of ether oxygens (including phenoxy) is 2. The monoisotopic (exact) mass is 379 g/mol. The zero-order chi connectivity index (χ0) is 18.2. The zero-order valence-corrected chi connectivity index (χ0v) is 16.7. The van der Waals surface area contributed by atoms with E-state index in [9.17, 15) is 4.79 Å². The Morgan fingerprint density at radius 2 is 1.96 bits per heavy atom. The summed E-state index contributed by atoms with van der Waals surface area (Å²) in [5.41, 5.74) is 0.906. The standard InChI is InChI=1S/C19H25NO3S2/c1-4-7-11-23-15-9-8-14(12-16(15)22-6-3)13-17-18(21)20(10-5-2)19(24)25-17/h8-9,12-13H,4-7,10-11H2,1-3H3. The Hall–Kier alpha value is -1.53. The van der Waals surface area contributed by atoms with E-state index in [-0.39, 0.29) is 5.91 Å². The predicted molar refractivity (Wildman–Crippen MR) is 108 cm³/mol. The molecule has 0 unspecified atom stereocenters. The lowest BCUT2D eigenvalue weighted by atomic mass is 10.2. The molecule has 2 rings (SSSR count). The summed E-state index contributed by atoms with van der Waals surface area (Å²) < 4.78 is 12.1. The van der Waals surface area contributed by atoms with Crippen molar-refractivity contribution in [3.05, 3.63) is 28.7 Å². The van der Waals surface area contributed by atoms with E-state index in [4.69, 9.17) is 21.7 Å². The van der Waals surface area contributed by atoms with E-state index < -0.39 is 0 Å². The fourth-order valence-electron chi connectivity index (χ4n) is 2.40. The largest absolute Gasteiger partial charge is 0.490 e. The van der Waals surface area contributed by atoms with Crippen LogP contribution in [0.4, 0.5) is 0 Å². The first kappa shape index (κ1) is 19.8. The number of hydrogen-bond donors (Lipinski definition) is 0. The van der Waals surface area contributed by atoms with Crippen LogP contribution in [0.15, 0.2) is 23.1 Å². The van der Waals surface area contributed by atoms with Crippen molar-refractivity contribution in [3.63, 3.8) is 0 Å². The van der Waals surface area contributed by atoms with Gasteiger partial charge in [0.15, 0.2) is 11.5 Å². The molecule has 25 heavy (non-hydrogen) atoms. The van der Waals surface area contributed by atoms with Gasteiger partial charge in [-0.15, -0.1) is 0 Å². The topological polar surface area (TPSA) is 38.8 Å². The quantitative estimate of drug-likeness (QED) is 0.347. The molecule has 0 aromatic heterocycles. The molecule has 0 aliphatic carbocycles. The second kappa shape index (κ2) is 9.82. The minimum absolute atomic E-state index is 0.0157. The van der Waals surface area contributed by atoms with Crippen molar-refractivity contribution in [1.29, 1.82) is 0 Å². The minimum atomic E-state index is -0.0157. The Morgan fingerprint density at radius 3 is 2.64 bits per heavy atom. The molecule has 1 heterocycles. The first-order valence-electron chi connectivity index (χ1n) is 8.75. The molecule has 1 aromatic rings. The smallest absolute Gasteiger partial charge is 0.266 e. The van der Waals surface area contributed by atoms with Gasteiger partial charge in [0.25, 0.3) is 5.91 Å². The normalized spacial score (nSPS) is 16.0. The molecule has 0 spiro atoms. The number of thiocarbonyl (C=S) groups is 1. The number of rotatable bonds is 9. The van der Waals surface area contributed by atoms with E-state index in [1.54, 1.807) is 4.90 Å². The van der Waals surface area contributed by atoms with E-state index >= 15 is 0 Å². The summed E-state index contributed by atoms with van der Waals surface area (Å²) in [4.78, 5) is 14.8. The Kier molecular flexibility index (Phi) is 7.78. The molecule has 6 heteroatoms. The summed E-state index contributed by atoms with van der Waals surface area (Å²) in [6.07, 6.45) is 4.85. The molecule has 1 saturated heterocycles. The van der Waals surface area contributed by atoms with Crippen LogP contribution in [0.1, 0.15) is 45.6 Å². The molecule has 1 fully saturated rings. The lowest BCUT2D eigenvalue weighted by molar-refractivity contribution is -0.122. The van der Waals surface area contributed by atoms with Gasteiger partial charge in [-0.1, -0.05) is 50.3 Å². The molecule has 1 aliphatic rings. The summed E-state index contributed by atoms with van der Waals surface area (Å²) in [5.74, 6) is 1.43. The van der Waals surface area contributed by atoms with Crippen molar-refractivity contribution in [3.8, 4) is 11.5 Å². The molecule has 0 bridgehead atoms. The predicted octanol–water partition coefficient (Wildman–Crippen LogP) is 4.88. The van der Waals surface area contributed by atoms with Crippen molar-refractivity contribution in [1.82, 2.24) is 4.90 Å². The maximum atomic E-state index is 12.5. The van der Waals surface area contributed by atoms with E-state index in [1.807, 2.05) is 38.1 Å². The van der Waals surface area contributed by atoms with Crippen LogP contribution in [-0.2, 0) is 4.79 Å². The van der Waals surface area contributed by atoms with Crippen LogP contribution < -0.4 is 9.47 Å². The lowest BCUT2D eigenvalue weighted by Crippen LogP contribution is -2.28. The highest BCUT2D eigenvalue weighted by Crippen LogP contribution is 2.35. The fourth-order valence-corrected chi connectivity index (χ4v) is 3.70. The van der Waals surface area contributed by atoms with Crippen molar-refractivity contribution < 1.29 is 14.3 Å². The van der Waals surface area contributed by atoms with Crippen molar-refractivity contribution in [2.75, 3.05) is 19.8 Å². The van der Waals surface area contributed by atoms with Gasteiger partial charge >= 0.3 is 0 Å². The number of hydrogen-bond acceptors (Lipinski definition) is 5. The molecule has 0 saturated carbocycles. The molecule has 0 radical (unpaired) electrons. The van der Waals surface area contributed by atoms with Crippen LogP contribution in [0.3, 0.4) is 0 Å². The summed E-state index contributed by atoms with van der Waals surface area (Å²) in [6.45, 7) is 8.01. The number of unbranched alkanes of at least 4 members (excludes halogenated alkanes) is 1. The van der Waals surface area contributed by atoms with Crippen molar-refractivity contribution in [2.45, 2.75) is 40.0 Å². The Bertz CT molecular complexity index is 658. The van der Waals surface area contributed by atoms with Gasteiger partial charge < -0.3 is 9.47 Å².